The van der Waals surface area contributed by atoms with Crippen molar-refractivity contribution >= 4 is 12.1 Å². The Labute approximate surface area is 132 Å². The van der Waals surface area contributed by atoms with Crippen LogP contribution in [0.2, 0.25) is 0 Å². The number of amides is 1. The number of nitrogens with zero attached hydrogens (tertiary/aromatic N) is 1. The molecular formula is C16H29NO5. The molecule has 1 aliphatic heterocycles. The minimum atomic E-state index is -0.753. The van der Waals surface area contributed by atoms with Gasteiger partial charge in [-0.15, -0.1) is 0 Å². The van der Waals surface area contributed by atoms with Crippen LogP contribution in [-0.2, 0) is 14.3 Å². The van der Waals surface area contributed by atoms with Crippen molar-refractivity contribution in [2.24, 2.45) is 11.8 Å². The van der Waals surface area contributed by atoms with Gasteiger partial charge >= 0.3 is 12.1 Å². The van der Waals surface area contributed by atoms with E-state index in [0.29, 0.717) is 32.5 Å². The Bertz CT molecular complexity index is 380. The van der Waals surface area contributed by atoms with Crippen molar-refractivity contribution in [1.82, 2.24) is 4.90 Å². The lowest BCUT2D eigenvalue weighted by Gasteiger charge is -2.36. The second-order valence-electron chi connectivity index (χ2n) is 6.82. The second kappa shape index (κ2) is 7.81. The number of piperidine rings is 1. The fourth-order valence-electron chi connectivity index (χ4n) is 2.79. The number of likely N-dealkylation sites (tertiary alicyclic amines) is 1. The summed E-state index contributed by atoms with van der Waals surface area (Å²) < 4.78 is 10.4. The van der Waals surface area contributed by atoms with Crippen LogP contribution in [0.3, 0.4) is 0 Å². The highest BCUT2D eigenvalue weighted by molar-refractivity contribution is 5.73. The number of aliphatic hydroxyl groups excluding tert-OH is 1. The largest absolute Gasteiger partial charge is 0.466 e. The zero-order valence-electron chi connectivity index (χ0n) is 14.3. The standard InChI is InChI=1S/C16H29NO5/c1-6-21-14(19)13(11(2)18)12-7-9-17(10-8-12)15(20)22-16(3,4)5/h11-13,18H,6-10H2,1-5H3. The normalized spacial score (nSPS) is 19.5. The van der Waals surface area contributed by atoms with Crippen LogP contribution >= 0.6 is 0 Å². The molecule has 0 radical (unpaired) electrons. The van der Waals surface area contributed by atoms with Gasteiger partial charge in [0.1, 0.15) is 5.60 Å². The highest BCUT2D eigenvalue weighted by Gasteiger charge is 2.37. The lowest BCUT2D eigenvalue weighted by Crippen LogP contribution is -2.45. The molecule has 6 heteroatoms. The molecule has 1 saturated heterocycles. The average Bonchev–Trinajstić information content (AvgIpc) is 2.37. The van der Waals surface area contributed by atoms with Crippen molar-refractivity contribution in [2.75, 3.05) is 19.7 Å². The van der Waals surface area contributed by atoms with Gasteiger partial charge in [-0.25, -0.2) is 4.79 Å². The first kappa shape index (κ1) is 18.7. The number of carbonyl (C=O) groups excluding carboxylic acids is 2. The van der Waals surface area contributed by atoms with Crippen LogP contribution in [0.4, 0.5) is 4.79 Å². The first-order valence-corrected chi connectivity index (χ1v) is 7.98. The van der Waals surface area contributed by atoms with Gasteiger partial charge in [-0.05, 0) is 53.4 Å². The summed E-state index contributed by atoms with van der Waals surface area (Å²) in [5, 5.41) is 9.88. The lowest BCUT2D eigenvalue weighted by atomic mass is 9.81. The van der Waals surface area contributed by atoms with Gasteiger partial charge in [0.25, 0.3) is 0 Å². The molecular weight excluding hydrogens is 286 g/mol. The molecule has 1 fully saturated rings. The molecule has 1 heterocycles. The molecule has 0 aromatic carbocycles. The highest BCUT2D eigenvalue weighted by Crippen LogP contribution is 2.29. The number of ether oxygens (including phenoxy) is 2. The zero-order chi connectivity index (χ0) is 16.9. The third-order valence-electron chi connectivity index (χ3n) is 3.78. The van der Waals surface area contributed by atoms with Gasteiger partial charge < -0.3 is 19.5 Å². The molecule has 0 aliphatic carbocycles. The van der Waals surface area contributed by atoms with E-state index in [2.05, 4.69) is 0 Å². The Morgan fingerprint density at radius 2 is 1.82 bits per heavy atom. The van der Waals surface area contributed by atoms with Crippen molar-refractivity contribution in [2.45, 2.75) is 59.2 Å². The molecule has 1 rings (SSSR count). The van der Waals surface area contributed by atoms with Crippen molar-refractivity contribution < 1.29 is 24.2 Å². The van der Waals surface area contributed by atoms with Crippen molar-refractivity contribution in [1.29, 1.82) is 0 Å². The van der Waals surface area contributed by atoms with Crippen molar-refractivity contribution in [3.63, 3.8) is 0 Å². The van der Waals surface area contributed by atoms with E-state index in [1.54, 1.807) is 18.7 Å². The SMILES string of the molecule is CCOC(=O)C(C(C)O)C1CCN(C(=O)OC(C)(C)C)CC1. The number of aliphatic hydroxyl groups is 1. The zero-order valence-corrected chi connectivity index (χ0v) is 14.3. The highest BCUT2D eigenvalue weighted by atomic mass is 16.6. The Morgan fingerprint density at radius 1 is 1.27 bits per heavy atom. The fraction of sp³-hybridized carbons (Fsp3) is 0.875. The Morgan fingerprint density at radius 3 is 2.23 bits per heavy atom. The van der Waals surface area contributed by atoms with E-state index in [1.807, 2.05) is 20.8 Å². The molecule has 0 aromatic rings. The van der Waals surface area contributed by atoms with Gasteiger partial charge in [0.15, 0.2) is 0 Å². The second-order valence-corrected chi connectivity index (χ2v) is 6.82. The van der Waals surface area contributed by atoms with Crippen LogP contribution in [-0.4, -0.2) is 53.5 Å². The molecule has 1 aliphatic rings. The predicted molar refractivity (Wildman–Crippen MR) is 82.3 cm³/mol. The van der Waals surface area contributed by atoms with Crippen LogP contribution in [0.25, 0.3) is 0 Å². The molecule has 0 saturated carbocycles. The number of rotatable bonds is 4. The number of hydrogen-bond acceptors (Lipinski definition) is 5. The summed E-state index contributed by atoms with van der Waals surface area (Å²) in [5.41, 5.74) is -0.513. The maximum Gasteiger partial charge on any atom is 0.410 e. The molecule has 0 bridgehead atoms. The summed E-state index contributed by atoms with van der Waals surface area (Å²) in [6.07, 6.45) is 0.245. The molecule has 1 amide bonds. The molecule has 6 nitrogen and oxygen atoms in total. The first-order valence-electron chi connectivity index (χ1n) is 7.98. The van der Waals surface area contributed by atoms with Crippen LogP contribution in [0, 0.1) is 11.8 Å². The van der Waals surface area contributed by atoms with E-state index < -0.39 is 17.6 Å². The van der Waals surface area contributed by atoms with Gasteiger partial charge in [0, 0.05) is 13.1 Å². The predicted octanol–water partition coefficient (Wildman–Crippen LogP) is 2.19. The molecule has 2 unspecified atom stereocenters. The number of carbonyl (C=O) groups is 2. The summed E-state index contributed by atoms with van der Waals surface area (Å²) in [5.74, 6) is -0.855. The molecule has 1 N–H and O–H groups in total. The first-order chi connectivity index (χ1) is 10.2. The van der Waals surface area contributed by atoms with Crippen LogP contribution < -0.4 is 0 Å². The molecule has 2 atom stereocenters. The lowest BCUT2D eigenvalue weighted by molar-refractivity contribution is -0.155. The molecule has 128 valence electrons. The van der Waals surface area contributed by atoms with Crippen LogP contribution in [0.1, 0.15) is 47.5 Å². The van der Waals surface area contributed by atoms with E-state index in [-0.39, 0.29) is 18.0 Å². The van der Waals surface area contributed by atoms with Gasteiger partial charge in [0.2, 0.25) is 0 Å². The van der Waals surface area contributed by atoms with Gasteiger partial charge in [-0.3, -0.25) is 4.79 Å². The van der Waals surface area contributed by atoms with Gasteiger partial charge in [-0.1, -0.05) is 0 Å². The van der Waals surface area contributed by atoms with E-state index in [9.17, 15) is 14.7 Å². The maximum absolute atomic E-state index is 12.0. The van der Waals surface area contributed by atoms with E-state index in [4.69, 9.17) is 9.47 Å². The minimum absolute atomic E-state index is 0.0257. The number of esters is 1. The van der Waals surface area contributed by atoms with E-state index in [1.165, 1.54) is 0 Å². The summed E-state index contributed by atoms with van der Waals surface area (Å²) in [7, 11) is 0. The quantitative estimate of drug-likeness (QED) is 0.805. The van der Waals surface area contributed by atoms with E-state index in [0.717, 1.165) is 0 Å². The van der Waals surface area contributed by atoms with Crippen LogP contribution in [0.15, 0.2) is 0 Å². The monoisotopic (exact) mass is 315 g/mol. The van der Waals surface area contributed by atoms with Gasteiger partial charge in [0.05, 0.1) is 18.6 Å². The Hall–Kier alpha value is -1.30. The summed E-state index contributed by atoms with van der Waals surface area (Å²) in [4.78, 5) is 25.7. The molecule has 0 aromatic heterocycles. The van der Waals surface area contributed by atoms with Gasteiger partial charge in [-0.2, -0.15) is 0 Å². The summed E-state index contributed by atoms with van der Waals surface area (Å²) in [6.45, 7) is 10.2. The van der Waals surface area contributed by atoms with E-state index >= 15 is 0 Å². The van der Waals surface area contributed by atoms with Crippen LogP contribution in [0.5, 0.6) is 0 Å². The van der Waals surface area contributed by atoms with Crippen molar-refractivity contribution in [3.05, 3.63) is 0 Å². The summed E-state index contributed by atoms with van der Waals surface area (Å²) >= 11 is 0. The minimum Gasteiger partial charge on any atom is -0.466 e. The molecule has 22 heavy (non-hydrogen) atoms. The third kappa shape index (κ3) is 5.48. The third-order valence-corrected chi connectivity index (χ3v) is 3.78. The summed E-state index contributed by atoms with van der Waals surface area (Å²) in [6, 6.07) is 0. The average molecular weight is 315 g/mol. The maximum atomic E-state index is 12.0. The number of hydrogen-bond donors (Lipinski definition) is 1. The Balaban J connectivity index is 2.59. The fourth-order valence-corrected chi connectivity index (χ4v) is 2.79. The Kier molecular flexibility index (Phi) is 6.66. The smallest absolute Gasteiger partial charge is 0.410 e. The molecule has 0 spiro atoms. The topological polar surface area (TPSA) is 76.1 Å². The van der Waals surface area contributed by atoms with Crippen molar-refractivity contribution in [3.8, 4) is 0 Å².